The zero-order chi connectivity index (χ0) is 6.53. The first kappa shape index (κ1) is 6.52. The van der Waals surface area contributed by atoms with Crippen molar-refractivity contribution >= 4 is 0 Å². The lowest BCUT2D eigenvalue weighted by Gasteiger charge is -1.95. The van der Waals surface area contributed by atoms with Gasteiger partial charge in [-0.05, 0) is 25.0 Å². The van der Waals surface area contributed by atoms with E-state index in [4.69, 9.17) is 5.26 Å². The molecule has 49 valence electrons. The third-order valence-electron chi connectivity index (χ3n) is 1.17. The van der Waals surface area contributed by atoms with Gasteiger partial charge in [-0.2, -0.15) is 0 Å². The average molecular weight is 125 g/mol. The molecule has 0 aromatic heterocycles. The third-order valence-corrected chi connectivity index (χ3v) is 1.17. The fourth-order valence-electron chi connectivity index (χ4n) is 0.708. The normalized spacial score (nSPS) is 20.1. The van der Waals surface area contributed by atoms with Crippen LogP contribution in [0, 0.1) is 6.10 Å². The maximum atomic E-state index is 8.18. The molecule has 0 saturated heterocycles. The predicted molar refractivity (Wildman–Crippen MR) is 34.5 cm³/mol. The van der Waals surface area contributed by atoms with Crippen molar-refractivity contribution in [1.29, 1.82) is 0 Å². The minimum Gasteiger partial charge on any atom is -0.250 e. The van der Waals surface area contributed by atoms with Gasteiger partial charge >= 0.3 is 0 Å². The third kappa shape index (κ3) is 2.00. The van der Waals surface area contributed by atoms with E-state index >= 15 is 0 Å². The van der Waals surface area contributed by atoms with Gasteiger partial charge in [0.2, 0.25) is 0 Å². The summed E-state index contributed by atoms with van der Waals surface area (Å²) < 4.78 is 0. The number of hydrogen-bond donors (Lipinski definition) is 1. The Morgan fingerprint density at radius 2 is 1.78 bits per heavy atom. The first-order chi connectivity index (χ1) is 4.43. The van der Waals surface area contributed by atoms with Gasteiger partial charge in [-0.1, -0.05) is 12.2 Å². The van der Waals surface area contributed by atoms with Crippen LogP contribution in [0.1, 0.15) is 12.8 Å². The summed E-state index contributed by atoms with van der Waals surface area (Å²) in [6.07, 6.45) is 9.98. The Bertz CT molecular complexity index is 113. The zero-order valence-corrected chi connectivity index (χ0v) is 5.08. The molecule has 0 aromatic rings. The Morgan fingerprint density at radius 3 is 2.22 bits per heavy atom. The van der Waals surface area contributed by atoms with Gasteiger partial charge in [0, 0.05) is 0 Å². The average Bonchev–Trinajstić information content (AvgIpc) is 2.13. The van der Waals surface area contributed by atoms with E-state index < -0.39 is 0 Å². The van der Waals surface area contributed by atoms with Crippen LogP contribution >= 0.6 is 0 Å². The van der Waals surface area contributed by atoms with Crippen LogP contribution in [-0.2, 0) is 4.89 Å². The molecule has 0 unspecified atom stereocenters. The summed E-state index contributed by atoms with van der Waals surface area (Å²) in [5.74, 6) is 0. The maximum Gasteiger partial charge on any atom is 0.179 e. The van der Waals surface area contributed by atoms with Crippen LogP contribution < -0.4 is 0 Å². The van der Waals surface area contributed by atoms with E-state index in [2.05, 4.69) is 4.89 Å². The van der Waals surface area contributed by atoms with Crippen LogP contribution in [0.5, 0.6) is 0 Å². The smallest absolute Gasteiger partial charge is 0.179 e. The van der Waals surface area contributed by atoms with E-state index in [1.54, 1.807) is 12.2 Å². The van der Waals surface area contributed by atoms with Gasteiger partial charge in [0.1, 0.15) is 0 Å². The summed E-state index contributed by atoms with van der Waals surface area (Å²) in [6.45, 7) is 0. The molecule has 9 heavy (non-hydrogen) atoms. The van der Waals surface area contributed by atoms with Crippen molar-refractivity contribution in [2.45, 2.75) is 12.8 Å². The molecule has 1 aliphatic rings. The fourth-order valence-corrected chi connectivity index (χ4v) is 0.708. The summed E-state index contributed by atoms with van der Waals surface area (Å²) in [6, 6.07) is 0. The van der Waals surface area contributed by atoms with Crippen molar-refractivity contribution < 1.29 is 10.1 Å². The number of allylic oxidation sites excluding steroid dienone is 2. The quantitative estimate of drug-likeness (QED) is 0.428. The van der Waals surface area contributed by atoms with E-state index in [0.29, 0.717) is 6.10 Å². The highest BCUT2D eigenvalue weighted by molar-refractivity contribution is 5.18. The molecule has 0 atom stereocenters. The Hall–Kier alpha value is -0.600. The maximum absolute atomic E-state index is 8.18. The monoisotopic (exact) mass is 125 g/mol. The topological polar surface area (TPSA) is 29.5 Å². The van der Waals surface area contributed by atoms with E-state index in [-0.39, 0.29) is 0 Å². The van der Waals surface area contributed by atoms with Crippen molar-refractivity contribution in [3.63, 3.8) is 0 Å². The molecule has 1 rings (SSSR count). The molecule has 1 N–H and O–H groups in total. The van der Waals surface area contributed by atoms with Crippen molar-refractivity contribution in [1.82, 2.24) is 0 Å². The van der Waals surface area contributed by atoms with Gasteiger partial charge in [0.25, 0.3) is 0 Å². The predicted octanol–water partition coefficient (Wildman–Crippen LogP) is 1.91. The molecule has 2 heteroatoms. The largest absolute Gasteiger partial charge is 0.250 e. The lowest BCUT2D eigenvalue weighted by molar-refractivity contribution is -0.218. The minimum atomic E-state index is 0.507. The van der Waals surface area contributed by atoms with Gasteiger partial charge in [0.15, 0.2) is 6.10 Å². The van der Waals surface area contributed by atoms with Gasteiger partial charge in [-0.25, -0.2) is 4.89 Å². The minimum absolute atomic E-state index is 0.507. The molecule has 0 fully saturated rings. The van der Waals surface area contributed by atoms with Gasteiger partial charge in [-0.15, -0.1) is 0 Å². The molecule has 1 aliphatic carbocycles. The zero-order valence-electron chi connectivity index (χ0n) is 5.08. The molecule has 0 aliphatic heterocycles. The highest BCUT2D eigenvalue weighted by Gasteiger charge is 2.00. The van der Waals surface area contributed by atoms with Crippen LogP contribution in [0.2, 0.25) is 0 Å². The highest BCUT2D eigenvalue weighted by Crippen LogP contribution is 2.10. The highest BCUT2D eigenvalue weighted by atomic mass is 17.1. The molecule has 0 heterocycles. The van der Waals surface area contributed by atoms with E-state index in [1.165, 1.54) is 0 Å². The Balaban J connectivity index is 2.48. The summed E-state index contributed by atoms with van der Waals surface area (Å²) in [5.41, 5.74) is 0. The van der Waals surface area contributed by atoms with Gasteiger partial charge in [-0.3, -0.25) is 5.26 Å². The Labute approximate surface area is 54.4 Å². The number of hydrogen-bond acceptors (Lipinski definition) is 2. The molecular weight excluding hydrogens is 116 g/mol. The van der Waals surface area contributed by atoms with Crippen molar-refractivity contribution in [2.75, 3.05) is 0 Å². The Kier molecular flexibility index (Phi) is 2.48. The molecule has 0 saturated carbocycles. The fraction of sp³-hybridized carbons (Fsp3) is 0.286. The van der Waals surface area contributed by atoms with Gasteiger partial charge in [0.05, 0.1) is 0 Å². The van der Waals surface area contributed by atoms with Crippen LogP contribution in [0.15, 0.2) is 24.3 Å². The second-order valence-corrected chi connectivity index (χ2v) is 1.88. The molecule has 0 amide bonds. The Morgan fingerprint density at radius 1 is 1.22 bits per heavy atom. The van der Waals surface area contributed by atoms with E-state index in [1.807, 2.05) is 12.2 Å². The molecule has 1 radical (unpaired) electrons. The first-order valence-electron chi connectivity index (χ1n) is 2.95. The molecule has 0 aromatic carbocycles. The summed E-state index contributed by atoms with van der Waals surface area (Å²) >= 11 is 0. The summed E-state index contributed by atoms with van der Waals surface area (Å²) in [5, 5.41) is 8.18. The van der Waals surface area contributed by atoms with Crippen LogP contribution in [-0.4, -0.2) is 5.26 Å². The van der Waals surface area contributed by atoms with E-state index in [9.17, 15) is 0 Å². The van der Waals surface area contributed by atoms with E-state index in [0.717, 1.165) is 12.8 Å². The van der Waals surface area contributed by atoms with Crippen LogP contribution in [0.4, 0.5) is 0 Å². The summed E-state index contributed by atoms with van der Waals surface area (Å²) in [7, 11) is 0. The lowest BCUT2D eigenvalue weighted by atomic mass is 10.3. The molecule has 2 nitrogen and oxygen atoms in total. The van der Waals surface area contributed by atoms with Crippen molar-refractivity contribution in [3.05, 3.63) is 30.4 Å². The van der Waals surface area contributed by atoms with Gasteiger partial charge < -0.3 is 0 Å². The standard InChI is InChI=1S/C7H9O2/c8-9-7-5-3-1-2-4-6-7/h3-6,8H,1-2H2. The lowest BCUT2D eigenvalue weighted by Crippen LogP contribution is -1.89. The summed E-state index contributed by atoms with van der Waals surface area (Å²) in [4.78, 5) is 4.01. The molecular formula is C7H9O2. The second-order valence-electron chi connectivity index (χ2n) is 1.88. The first-order valence-corrected chi connectivity index (χ1v) is 2.95. The second kappa shape index (κ2) is 3.43. The molecule has 0 bridgehead atoms. The SMILES string of the molecule is OO[C]1C=CCCC=C1. The van der Waals surface area contributed by atoms with Crippen molar-refractivity contribution in [2.24, 2.45) is 0 Å². The van der Waals surface area contributed by atoms with Crippen LogP contribution in [0.25, 0.3) is 0 Å². The molecule has 0 spiro atoms. The van der Waals surface area contributed by atoms with Crippen LogP contribution in [0.3, 0.4) is 0 Å². The number of rotatable bonds is 1. The van der Waals surface area contributed by atoms with Crippen molar-refractivity contribution in [3.8, 4) is 0 Å².